The molecule has 1 amide bonds. The van der Waals surface area contributed by atoms with E-state index in [1.165, 1.54) is 27.7 Å². The van der Waals surface area contributed by atoms with Crippen LogP contribution in [-0.4, -0.2) is 26.2 Å². The minimum absolute atomic E-state index is 0.103. The summed E-state index contributed by atoms with van der Waals surface area (Å²) in [5.41, 5.74) is 1.97. The molecule has 6 nitrogen and oxygen atoms in total. The van der Waals surface area contributed by atoms with E-state index in [9.17, 15) is 9.59 Å². The molecular formula is C21H16Cl2N4O2S2. The first-order valence-corrected chi connectivity index (χ1v) is 11.8. The highest BCUT2D eigenvalue weighted by Gasteiger charge is 2.12. The van der Waals surface area contributed by atoms with Gasteiger partial charge in [0.25, 0.3) is 5.56 Å². The van der Waals surface area contributed by atoms with Gasteiger partial charge in [-0.05, 0) is 30.3 Å². The maximum Gasteiger partial charge on any atom is 0.261 e. The van der Waals surface area contributed by atoms with Gasteiger partial charge in [-0.25, -0.2) is 9.97 Å². The molecule has 0 spiro atoms. The van der Waals surface area contributed by atoms with Crippen molar-refractivity contribution in [2.24, 2.45) is 7.05 Å². The number of anilines is 1. The van der Waals surface area contributed by atoms with Crippen molar-refractivity contribution in [2.75, 3.05) is 11.1 Å². The first-order valence-electron chi connectivity index (χ1n) is 9.22. The van der Waals surface area contributed by atoms with E-state index in [4.69, 9.17) is 23.2 Å². The van der Waals surface area contributed by atoms with Gasteiger partial charge in [0.15, 0.2) is 10.3 Å². The summed E-state index contributed by atoms with van der Waals surface area (Å²) >= 11 is 14.8. The Labute approximate surface area is 196 Å². The van der Waals surface area contributed by atoms with Gasteiger partial charge in [-0.3, -0.25) is 14.2 Å². The maximum atomic E-state index is 12.5. The molecule has 4 aromatic rings. The molecule has 0 aliphatic rings. The highest BCUT2D eigenvalue weighted by molar-refractivity contribution is 7.99. The number of nitrogens with one attached hydrogen (secondary N) is 1. The molecular weight excluding hydrogens is 475 g/mol. The molecule has 0 aliphatic heterocycles. The second-order valence-electron chi connectivity index (χ2n) is 6.58. The van der Waals surface area contributed by atoms with E-state index < -0.39 is 0 Å². The van der Waals surface area contributed by atoms with E-state index in [2.05, 4.69) is 15.3 Å². The first-order chi connectivity index (χ1) is 14.9. The van der Waals surface area contributed by atoms with Crippen molar-refractivity contribution in [1.29, 1.82) is 0 Å². The molecule has 158 valence electrons. The summed E-state index contributed by atoms with van der Waals surface area (Å²) in [4.78, 5) is 33.8. The second-order valence-corrected chi connectivity index (χ2v) is 9.35. The monoisotopic (exact) mass is 490 g/mol. The van der Waals surface area contributed by atoms with Gasteiger partial charge in [-0.1, -0.05) is 47.1 Å². The summed E-state index contributed by atoms with van der Waals surface area (Å²) in [5, 5.41) is 7.32. The van der Waals surface area contributed by atoms with E-state index in [-0.39, 0.29) is 17.9 Å². The van der Waals surface area contributed by atoms with E-state index >= 15 is 0 Å². The number of carbonyl (C=O) groups is 1. The van der Waals surface area contributed by atoms with Gasteiger partial charge in [0.2, 0.25) is 5.91 Å². The Balaban J connectivity index is 1.37. The van der Waals surface area contributed by atoms with Crippen LogP contribution >= 0.6 is 46.3 Å². The summed E-state index contributed by atoms with van der Waals surface area (Å²) < 4.78 is 1.51. The van der Waals surface area contributed by atoms with Crippen molar-refractivity contribution in [3.8, 4) is 11.3 Å². The Morgan fingerprint density at radius 3 is 2.81 bits per heavy atom. The molecule has 0 unspecified atom stereocenters. The Bertz CT molecular complexity index is 1340. The van der Waals surface area contributed by atoms with Crippen LogP contribution in [-0.2, 0) is 11.8 Å². The third-order valence-corrected chi connectivity index (χ3v) is 6.80. The van der Waals surface area contributed by atoms with Gasteiger partial charge >= 0.3 is 0 Å². The number of aromatic nitrogens is 3. The van der Waals surface area contributed by atoms with Gasteiger partial charge in [0, 0.05) is 35.2 Å². The lowest BCUT2D eigenvalue weighted by atomic mass is 10.2. The van der Waals surface area contributed by atoms with Gasteiger partial charge in [0.1, 0.15) is 0 Å². The number of thiazole rings is 1. The number of benzene rings is 2. The van der Waals surface area contributed by atoms with Gasteiger partial charge in [-0.2, -0.15) is 0 Å². The minimum atomic E-state index is -0.165. The van der Waals surface area contributed by atoms with E-state index in [0.29, 0.717) is 42.7 Å². The molecule has 0 aliphatic carbocycles. The highest BCUT2D eigenvalue weighted by Crippen LogP contribution is 2.32. The number of fused-ring (bicyclic) bond motifs is 1. The van der Waals surface area contributed by atoms with E-state index in [0.717, 1.165) is 5.56 Å². The van der Waals surface area contributed by atoms with E-state index in [1.807, 2.05) is 17.5 Å². The van der Waals surface area contributed by atoms with Crippen molar-refractivity contribution < 1.29 is 4.79 Å². The number of halogens is 2. The lowest BCUT2D eigenvalue weighted by Gasteiger charge is -2.08. The number of thioether (sulfide) groups is 1. The zero-order valence-corrected chi connectivity index (χ0v) is 19.4. The quantitative estimate of drug-likeness (QED) is 0.285. The summed E-state index contributed by atoms with van der Waals surface area (Å²) in [6.45, 7) is 0. The van der Waals surface area contributed by atoms with Crippen LogP contribution in [0.1, 0.15) is 6.42 Å². The number of hydrogen-bond acceptors (Lipinski definition) is 6. The highest BCUT2D eigenvalue weighted by atomic mass is 35.5. The van der Waals surface area contributed by atoms with Gasteiger partial charge in [0.05, 0.1) is 21.6 Å². The molecule has 0 saturated heterocycles. The summed E-state index contributed by atoms with van der Waals surface area (Å²) in [6.07, 6.45) is 0.254. The largest absolute Gasteiger partial charge is 0.302 e. The predicted molar refractivity (Wildman–Crippen MR) is 129 cm³/mol. The Hall–Kier alpha value is -2.39. The third kappa shape index (κ3) is 4.93. The Kier molecular flexibility index (Phi) is 6.62. The average Bonchev–Trinajstić information content (AvgIpc) is 3.19. The van der Waals surface area contributed by atoms with Gasteiger partial charge in [-0.15, -0.1) is 11.3 Å². The zero-order valence-electron chi connectivity index (χ0n) is 16.3. The number of nitrogens with zero attached hydrogens (tertiary/aromatic N) is 3. The van der Waals surface area contributed by atoms with Crippen LogP contribution in [0.2, 0.25) is 10.0 Å². The summed E-state index contributed by atoms with van der Waals surface area (Å²) in [6, 6.07) is 12.4. The third-order valence-electron chi connectivity index (χ3n) is 4.46. The fraction of sp³-hybridized carbons (Fsp3) is 0.143. The van der Waals surface area contributed by atoms with Crippen molar-refractivity contribution in [3.05, 3.63) is 68.2 Å². The summed E-state index contributed by atoms with van der Waals surface area (Å²) in [5.74, 6) is 0.312. The maximum absolute atomic E-state index is 12.5. The minimum Gasteiger partial charge on any atom is -0.302 e. The molecule has 4 rings (SSSR count). The molecule has 0 bridgehead atoms. The molecule has 0 saturated carbocycles. The Morgan fingerprint density at radius 2 is 2.00 bits per heavy atom. The topological polar surface area (TPSA) is 76.9 Å². The molecule has 31 heavy (non-hydrogen) atoms. The molecule has 0 radical (unpaired) electrons. The lowest BCUT2D eigenvalue weighted by Crippen LogP contribution is -2.20. The fourth-order valence-electron chi connectivity index (χ4n) is 2.90. The standard InChI is InChI=1S/C21H16Cl2N4O2S2/c1-27-19(29)14-4-2-3-5-16(14)25-21(27)30-9-8-18(28)26-20-24-17(11-31-20)13-7-6-12(22)10-15(13)23/h2-7,10-11H,8-9H2,1H3,(H,24,26,28). The number of hydrogen-bond donors (Lipinski definition) is 1. The van der Waals surface area contributed by atoms with Crippen LogP contribution in [0.3, 0.4) is 0 Å². The molecule has 0 atom stereocenters. The number of rotatable bonds is 6. The smallest absolute Gasteiger partial charge is 0.261 e. The number of carbonyl (C=O) groups excluding carboxylic acids is 1. The van der Waals surface area contributed by atoms with Crippen LogP contribution in [0.15, 0.2) is 57.8 Å². The summed E-state index contributed by atoms with van der Waals surface area (Å²) in [7, 11) is 1.68. The SMILES string of the molecule is Cn1c(SCCC(=O)Nc2nc(-c3ccc(Cl)cc3Cl)cs2)nc2ccccc2c1=O. The molecule has 1 N–H and O–H groups in total. The molecule has 2 heterocycles. The second kappa shape index (κ2) is 9.40. The normalized spacial score (nSPS) is 11.1. The van der Waals surface area contributed by atoms with Crippen LogP contribution < -0.4 is 10.9 Å². The molecule has 10 heteroatoms. The zero-order chi connectivity index (χ0) is 22.0. The van der Waals surface area contributed by atoms with Crippen molar-refractivity contribution in [3.63, 3.8) is 0 Å². The molecule has 0 fully saturated rings. The van der Waals surface area contributed by atoms with Crippen LogP contribution in [0.5, 0.6) is 0 Å². The lowest BCUT2D eigenvalue weighted by molar-refractivity contribution is -0.115. The average molecular weight is 491 g/mol. The molecule has 2 aromatic carbocycles. The van der Waals surface area contributed by atoms with Crippen LogP contribution in [0, 0.1) is 0 Å². The van der Waals surface area contributed by atoms with E-state index in [1.54, 1.807) is 37.4 Å². The van der Waals surface area contributed by atoms with Crippen molar-refractivity contribution in [2.45, 2.75) is 11.6 Å². The van der Waals surface area contributed by atoms with Crippen molar-refractivity contribution in [1.82, 2.24) is 14.5 Å². The first kappa shape index (κ1) is 21.8. The fourth-order valence-corrected chi connectivity index (χ4v) is 5.04. The number of para-hydroxylation sites is 1. The van der Waals surface area contributed by atoms with Gasteiger partial charge < -0.3 is 5.32 Å². The van der Waals surface area contributed by atoms with Crippen LogP contribution in [0.25, 0.3) is 22.2 Å². The molecule has 2 aromatic heterocycles. The predicted octanol–water partition coefficient (Wildman–Crippen LogP) is 5.48. The van der Waals surface area contributed by atoms with Crippen LogP contribution in [0.4, 0.5) is 5.13 Å². The van der Waals surface area contributed by atoms with Crippen molar-refractivity contribution >= 4 is 68.2 Å². The Morgan fingerprint density at radius 1 is 1.19 bits per heavy atom. The number of amides is 1.